The van der Waals surface area contributed by atoms with E-state index in [9.17, 15) is 0 Å². The summed E-state index contributed by atoms with van der Waals surface area (Å²) in [6.07, 6.45) is 1.27. The second kappa shape index (κ2) is 13.5. The van der Waals surface area contributed by atoms with Crippen LogP contribution in [0.25, 0.3) is 0 Å². The van der Waals surface area contributed by atoms with Crippen molar-refractivity contribution >= 4 is 41.7 Å². The minimum atomic E-state index is 0. The number of nitrogens with zero attached hydrogens (tertiary/aromatic N) is 3. The highest BCUT2D eigenvalue weighted by molar-refractivity contribution is 14.0. The Hall–Kier alpha value is 0.270. The Morgan fingerprint density at radius 3 is 2.67 bits per heavy atom. The Balaban J connectivity index is 0.00000529. The topological polar surface area (TPSA) is 40.1 Å². The predicted molar refractivity (Wildman–Crippen MR) is 118 cm³/mol. The van der Waals surface area contributed by atoms with E-state index in [0.29, 0.717) is 11.2 Å². The zero-order valence-corrected chi connectivity index (χ0v) is 19.4. The molecular weight excluding hydrogens is 435 g/mol. The summed E-state index contributed by atoms with van der Waals surface area (Å²) in [6.45, 7) is 11.5. The van der Waals surface area contributed by atoms with Crippen molar-refractivity contribution in [1.29, 1.82) is 0 Å². The molecule has 1 fully saturated rings. The number of ether oxygens (including phenoxy) is 1. The van der Waals surface area contributed by atoms with Crippen LogP contribution >= 0.6 is 35.7 Å². The van der Waals surface area contributed by atoms with Gasteiger partial charge in [0.1, 0.15) is 0 Å². The Morgan fingerprint density at radius 2 is 2.12 bits per heavy atom. The van der Waals surface area contributed by atoms with Gasteiger partial charge < -0.3 is 19.9 Å². The maximum absolute atomic E-state index is 5.87. The third-order valence-corrected chi connectivity index (χ3v) is 5.68. The SMILES string of the molecule is CCOC(CCN(C)C)CNC(=NC)N1CCSC(C(C)C)C1.I. The lowest BCUT2D eigenvalue weighted by atomic mass is 10.1. The molecule has 2 unspecified atom stereocenters. The molecule has 0 aromatic rings. The zero-order valence-electron chi connectivity index (χ0n) is 16.2. The molecule has 1 aliphatic heterocycles. The molecule has 24 heavy (non-hydrogen) atoms. The van der Waals surface area contributed by atoms with E-state index in [4.69, 9.17) is 4.74 Å². The van der Waals surface area contributed by atoms with Crippen LogP contribution in [0.15, 0.2) is 4.99 Å². The third kappa shape index (κ3) is 9.10. The minimum absolute atomic E-state index is 0. The number of nitrogens with one attached hydrogen (secondary N) is 1. The van der Waals surface area contributed by atoms with Crippen LogP contribution in [0.4, 0.5) is 0 Å². The Kier molecular flexibility index (Phi) is 13.6. The molecule has 1 aliphatic rings. The van der Waals surface area contributed by atoms with Crippen molar-refractivity contribution in [3.05, 3.63) is 0 Å². The second-order valence-electron chi connectivity index (χ2n) is 6.70. The van der Waals surface area contributed by atoms with Gasteiger partial charge in [0, 0.05) is 50.8 Å². The molecule has 2 atom stereocenters. The van der Waals surface area contributed by atoms with E-state index in [0.717, 1.165) is 45.2 Å². The highest BCUT2D eigenvalue weighted by Gasteiger charge is 2.25. The lowest BCUT2D eigenvalue weighted by Crippen LogP contribution is -2.50. The van der Waals surface area contributed by atoms with Gasteiger partial charge in [0.2, 0.25) is 0 Å². The van der Waals surface area contributed by atoms with Crippen molar-refractivity contribution in [2.45, 2.75) is 38.5 Å². The summed E-state index contributed by atoms with van der Waals surface area (Å²) in [5.41, 5.74) is 0. The fourth-order valence-corrected chi connectivity index (χ4v) is 3.99. The van der Waals surface area contributed by atoms with Crippen LogP contribution < -0.4 is 5.32 Å². The lowest BCUT2D eigenvalue weighted by Gasteiger charge is -2.36. The quantitative estimate of drug-likeness (QED) is 0.334. The average molecular weight is 472 g/mol. The van der Waals surface area contributed by atoms with Crippen LogP contribution in [-0.2, 0) is 4.74 Å². The largest absolute Gasteiger partial charge is 0.377 e. The summed E-state index contributed by atoms with van der Waals surface area (Å²) in [6, 6.07) is 0. The summed E-state index contributed by atoms with van der Waals surface area (Å²) in [4.78, 5) is 9.09. The molecule has 1 N–H and O–H groups in total. The molecule has 0 amide bonds. The van der Waals surface area contributed by atoms with Crippen LogP contribution in [-0.4, -0.2) is 86.8 Å². The molecule has 0 aromatic heterocycles. The van der Waals surface area contributed by atoms with E-state index >= 15 is 0 Å². The first-order chi connectivity index (χ1) is 11.0. The van der Waals surface area contributed by atoms with Gasteiger partial charge in [0.15, 0.2) is 5.96 Å². The van der Waals surface area contributed by atoms with Gasteiger partial charge in [0.05, 0.1) is 6.10 Å². The van der Waals surface area contributed by atoms with Crippen molar-refractivity contribution in [2.24, 2.45) is 10.9 Å². The summed E-state index contributed by atoms with van der Waals surface area (Å²) < 4.78 is 5.87. The number of hydrogen-bond acceptors (Lipinski definition) is 4. The van der Waals surface area contributed by atoms with E-state index in [1.807, 2.05) is 7.05 Å². The van der Waals surface area contributed by atoms with Gasteiger partial charge >= 0.3 is 0 Å². The molecule has 1 rings (SSSR count). The molecule has 0 bridgehead atoms. The van der Waals surface area contributed by atoms with Gasteiger partial charge in [-0.05, 0) is 33.4 Å². The van der Waals surface area contributed by atoms with E-state index in [1.165, 1.54) is 5.75 Å². The molecule has 0 aromatic carbocycles. The number of halogens is 1. The fraction of sp³-hybridized carbons (Fsp3) is 0.941. The van der Waals surface area contributed by atoms with Crippen molar-refractivity contribution < 1.29 is 4.74 Å². The number of thioether (sulfide) groups is 1. The van der Waals surface area contributed by atoms with Crippen LogP contribution in [0.1, 0.15) is 27.2 Å². The standard InChI is InChI=1S/C17H36N4OS.HI/c1-7-22-15(8-9-20(5)6)12-19-17(18-4)21-10-11-23-16(13-21)14(2)3;/h14-16H,7-13H2,1-6H3,(H,18,19);1H. The number of hydrogen-bond donors (Lipinski definition) is 1. The lowest BCUT2D eigenvalue weighted by molar-refractivity contribution is 0.0544. The molecule has 7 heteroatoms. The van der Waals surface area contributed by atoms with Gasteiger partial charge in [0.25, 0.3) is 0 Å². The Bertz CT molecular complexity index is 355. The van der Waals surface area contributed by atoms with Gasteiger partial charge in [-0.2, -0.15) is 11.8 Å². The van der Waals surface area contributed by atoms with Crippen LogP contribution in [0.2, 0.25) is 0 Å². The fourth-order valence-electron chi connectivity index (χ4n) is 2.69. The molecular formula is C17H37IN4OS. The summed E-state index contributed by atoms with van der Waals surface area (Å²) >= 11 is 2.09. The number of aliphatic imine (C=N–C) groups is 1. The van der Waals surface area contributed by atoms with E-state index in [-0.39, 0.29) is 30.1 Å². The molecule has 1 saturated heterocycles. The number of guanidine groups is 1. The highest BCUT2D eigenvalue weighted by Crippen LogP contribution is 2.24. The van der Waals surface area contributed by atoms with Gasteiger partial charge in [-0.3, -0.25) is 4.99 Å². The molecule has 144 valence electrons. The molecule has 0 aliphatic carbocycles. The Labute approximate surface area is 170 Å². The van der Waals surface area contributed by atoms with Crippen LogP contribution in [0, 0.1) is 5.92 Å². The van der Waals surface area contributed by atoms with Gasteiger partial charge in [-0.1, -0.05) is 13.8 Å². The molecule has 0 spiro atoms. The van der Waals surface area contributed by atoms with Crippen molar-refractivity contribution in [3.8, 4) is 0 Å². The Morgan fingerprint density at radius 1 is 1.42 bits per heavy atom. The normalized spacial score (nSPS) is 20.2. The third-order valence-electron chi connectivity index (χ3n) is 4.14. The van der Waals surface area contributed by atoms with Crippen molar-refractivity contribution in [2.75, 3.05) is 59.7 Å². The van der Waals surface area contributed by atoms with E-state index < -0.39 is 0 Å². The first-order valence-corrected chi connectivity index (χ1v) is 9.86. The van der Waals surface area contributed by atoms with Gasteiger partial charge in [-0.25, -0.2) is 0 Å². The summed E-state index contributed by atoms with van der Waals surface area (Å²) in [5, 5.41) is 4.22. The van der Waals surface area contributed by atoms with Gasteiger partial charge in [-0.15, -0.1) is 24.0 Å². The minimum Gasteiger partial charge on any atom is -0.377 e. The predicted octanol–water partition coefficient (Wildman–Crippen LogP) is 2.61. The molecule has 0 radical (unpaired) electrons. The molecule has 1 heterocycles. The second-order valence-corrected chi connectivity index (χ2v) is 8.04. The van der Waals surface area contributed by atoms with Crippen molar-refractivity contribution in [1.82, 2.24) is 15.1 Å². The van der Waals surface area contributed by atoms with Crippen molar-refractivity contribution in [3.63, 3.8) is 0 Å². The highest BCUT2D eigenvalue weighted by atomic mass is 127. The zero-order chi connectivity index (χ0) is 17.2. The van der Waals surface area contributed by atoms with E-state index in [2.05, 4.69) is 66.7 Å². The van der Waals surface area contributed by atoms with E-state index in [1.54, 1.807) is 0 Å². The smallest absolute Gasteiger partial charge is 0.193 e. The van der Waals surface area contributed by atoms with Crippen LogP contribution in [0.3, 0.4) is 0 Å². The maximum Gasteiger partial charge on any atom is 0.193 e. The average Bonchev–Trinajstić information content (AvgIpc) is 2.53. The number of rotatable bonds is 8. The molecule has 0 saturated carbocycles. The first kappa shape index (κ1) is 24.3. The first-order valence-electron chi connectivity index (χ1n) is 8.81. The summed E-state index contributed by atoms with van der Waals surface area (Å²) in [7, 11) is 6.09. The monoisotopic (exact) mass is 472 g/mol. The summed E-state index contributed by atoms with van der Waals surface area (Å²) in [5.74, 6) is 2.90. The molecule has 5 nitrogen and oxygen atoms in total. The maximum atomic E-state index is 5.87. The van der Waals surface area contributed by atoms with Crippen LogP contribution in [0.5, 0.6) is 0 Å².